The van der Waals surface area contributed by atoms with Crippen LogP contribution in [0.1, 0.15) is 19.8 Å². The van der Waals surface area contributed by atoms with Gasteiger partial charge in [0.2, 0.25) is 0 Å². The van der Waals surface area contributed by atoms with Gasteiger partial charge in [0.05, 0.1) is 6.61 Å². The highest BCUT2D eigenvalue weighted by Gasteiger charge is 2.49. The Hall–Kier alpha value is -0.280. The highest BCUT2D eigenvalue weighted by Crippen LogP contribution is 2.35. The molecule has 0 radical (unpaired) electrons. The molecule has 0 heterocycles. The maximum absolute atomic E-state index is 11.1. The number of likely N-dealkylation sites (N-methyl/N-ethyl adjacent to an activating group) is 1. The summed E-state index contributed by atoms with van der Waals surface area (Å²) in [5.41, 5.74) is -0.310. The molecule has 1 fully saturated rings. The minimum absolute atomic E-state index is 0. The van der Waals surface area contributed by atoms with Crippen LogP contribution in [0.4, 0.5) is 0 Å². The lowest BCUT2D eigenvalue weighted by atomic mass is 10.3. The largest absolute Gasteiger partial charge is 0.465 e. The Morgan fingerprint density at radius 1 is 1.64 bits per heavy atom. The molecule has 0 aromatic carbocycles. The number of hydrogen-bond donors (Lipinski definition) is 1. The Bertz CT molecular complexity index is 145. The van der Waals surface area contributed by atoms with Gasteiger partial charge in [-0.1, -0.05) is 0 Å². The van der Waals surface area contributed by atoms with Crippen LogP contribution < -0.4 is 5.32 Å². The van der Waals surface area contributed by atoms with Crippen LogP contribution >= 0.6 is 12.4 Å². The van der Waals surface area contributed by atoms with Gasteiger partial charge < -0.3 is 10.1 Å². The van der Waals surface area contributed by atoms with Crippen molar-refractivity contribution in [2.24, 2.45) is 0 Å². The molecule has 0 atom stereocenters. The summed E-state index contributed by atoms with van der Waals surface area (Å²) in [6, 6.07) is 0. The first-order valence-corrected chi connectivity index (χ1v) is 3.61. The average molecular weight is 180 g/mol. The number of hydrogen-bond acceptors (Lipinski definition) is 3. The Labute approximate surface area is 72.9 Å². The number of nitrogens with one attached hydrogen (secondary N) is 1. The van der Waals surface area contributed by atoms with Crippen LogP contribution in [0, 0.1) is 0 Å². The smallest absolute Gasteiger partial charge is 0.326 e. The molecule has 0 aromatic rings. The van der Waals surface area contributed by atoms with E-state index in [1.165, 1.54) is 0 Å². The highest BCUT2D eigenvalue weighted by atomic mass is 35.5. The SMILES string of the molecule is CCOC(=O)C1(NC)CC1.Cl. The van der Waals surface area contributed by atoms with E-state index in [0.29, 0.717) is 6.61 Å². The van der Waals surface area contributed by atoms with Crippen molar-refractivity contribution in [3.05, 3.63) is 0 Å². The Balaban J connectivity index is 0.000001000. The summed E-state index contributed by atoms with van der Waals surface area (Å²) in [5, 5.41) is 2.96. The lowest BCUT2D eigenvalue weighted by Gasteiger charge is -2.11. The van der Waals surface area contributed by atoms with Crippen LogP contribution in [0.25, 0.3) is 0 Å². The first kappa shape index (κ1) is 10.7. The second kappa shape index (κ2) is 3.93. The molecule has 0 amide bonds. The normalized spacial score (nSPS) is 18.4. The van der Waals surface area contributed by atoms with Crippen LogP contribution in [-0.2, 0) is 9.53 Å². The molecule has 4 heteroatoms. The van der Waals surface area contributed by atoms with E-state index >= 15 is 0 Å². The molecule has 0 spiro atoms. The van der Waals surface area contributed by atoms with Crippen molar-refractivity contribution in [1.82, 2.24) is 5.32 Å². The molecule has 66 valence electrons. The molecule has 1 aliphatic rings. The number of esters is 1. The Kier molecular flexibility index (Phi) is 3.83. The van der Waals surface area contributed by atoms with Crippen LogP contribution in [0.3, 0.4) is 0 Å². The van der Waals surface area contributed by atoms with Crippen molar-refractivity contribution >= 4 is 18.4 Å². The van der Waals surface area contributed by atoms with Gasteiger partial charge in [-0.25, -0.2) is 0 Å². The molecule has 0 aliphatic heterocycles. The predicted octanol–water partition coefficient (Wildman–Crippen LogP) is 0.723. The molecular weight excluding hydrogens is 166 g/mol. The standard InChI is InChI=1S/C7H13NO2.ClH/c1-3-10-6(9)7(8-2)4-5-7;/h8H,3-5H2,1-2H3;1H. The van der Waals surface area contributed by atoms with Gasteiger partial charge in [-0.3, -0.25) is 4.79 Å². The van der Waals surface area contributed by atoms with E-state index in [1.54, 1.807) is 7.05 Å². The molecule has 0 saturated heterocycles. The van der Waals surface area contributed by atoms with E-state index in [2.05, 4.69) is 5.32 Å². The van der Waals surface area contributed by atoms with E-state index < -0.39 is 0 Å². The van der Waals surface area contributed by atoms with E-state index in [4.69, 9.17) is 4.74 Å². The molecule has 0 aromatic heterocycles. The zero-order valence-electron chi connectivity index (χ0n) is 6.85. The zero-order chi connectivity index (χ0) is 7.61. The van der Waals surface area contributed by atoms with Gasteiger partial charge in [0.15, 0.2) is 0 Å². The number of ether oxygens (including phenoxy) is 1. The van der Waals surface area contributed by atoms with Gasteiger partial charge >= 0.3 is 5.97 Å². The minimum atomic E-state index is -0.310. The van der Waals surface area contributed by atoms with Gasteiger partial charge in [0, 0.05) is 0 Å². The van der Waals surface area contributed by atoms with Gasteiger partial charge in [0.25, 0.3) is 0 Å². The number of carbonyl (C=O) groups excluding carboxylic acids is 1. The molecule has 1 aliphatic carbocycles. The topological polar surface area (TPSA) is 38.3 Å². The van der Waals surface area contributed by atoms with Gasteiger partial charge in [-0.15, -0.1) is 12.4 Å². The molecule has 1 saturated carbocycles. The van der Waals surface area contributed by atoms with Crippen LogP contribution in [-0.4, -0.2) is 25.2 Å². The Morgan fingerprint density at radius 2 is 2.18 bits per heavy atom. The minimum Gasteiger partial charge on any atom is -0.465 e. The first-order valence-electron chi connectivity index (χ1n) is 3.61. The summed E-state index contributed by atoms with van der Waals surface area (Å²) < 4.78 is 4.86. The number of rotatable bonds is 3. The average Bonchev–Trinajstić information content (AvgIpc) is 2.68. The van der Waals surface area contributed by atoms with Crippen LogP contribution in [0.2, 0.25) is 0 Å². The monoisotopic (exact) mass is 179 g/mol. The van der Waals surface area contributed by atoms with Gasteiger partial charge in [0.1, 0.15) is 5.54 Å². The van der Waals surface area contributed by atoms with E-state index in [-0.39, 0.29) is 23.9 Å². The molecule has 1 rings (SSSR count). The van der Waals surface area contributed by atoms with Crippen molar-refractivity contribution in [3.8, 4) is 0 Å². The summed E-state index contributed by atoms with van der Waals surface area (Å²) in [7, 11) is 1.80. The molecule has 1 N–H and O–H groups in total. The maximum atomic E-state index is 11.1. The third kappa shape index (κ3) is 2.07. The second-order valence-electron chi connectivity index (χ2n) is 2.55. The Morgan fingerprint density at radius 3 is 2.45 bits per heavy atom. The number of halogens is 1. The van der Waals surface area contributed by atoms with Crippen molar-refractivity contribution < 1.29 is 9.53 Å². The molecule has 0 bridgehead atoms. The van der Waals surface area contributed by atoms with Gasteiger partial charge in [-0.05, 0) is 26.8 Å². The predicted molar refractivity (Wildman–Crippen MR) is 44.9 cm³/mol. The fourth-order valence-electron chi connectivity index (χ4n) is 0.950. The molecule has 11 heavy (non-hydrogen) atoms. The van der Waals surface area contributed by atoms with Crippen LogP contribution in [0.15, 0.2) is 0 Å². The van der Waals surface area contributed by atoms with E-state index in [9.17, 15) is 4.79 Å². The molecule has 3 nitrogen and oxygen atoms in total. The third-order valence-corrected chi connectivity index (χ3v) is 1.89. The van der Waals surface area contributed by atoms with E-state index in [1.807, 2.05) is 6.92 Å². The van der Waals surface area contributed by atoms with Crippen molar-refractivity contribution in [3.63, 3.8) is 0 Å². The highest BCUT2D eigenvalue weighted by molar-refractivity contribution is 5.85. The molecule has 0 unspecified atom stereocenters. The first-order chi connectivity index (χ1) is 4.75. The third-order valence-electron chi connectivity index (χ3n) is 1.89. The van der Waals surface area contributed by atoms with E-state index in [0.717, 1.165) is 12.8 Å². The number of carbonyl (C=O) groups is 1. The fraction of sp³-hybridized carbons (Fsp3) is 0.857. The summed E-state index contributed by atoms with van der Waals surface area (Å²) in [6.45, 7) is 2.30. The summed E-state index contributed by atoms with van der Waals surface area (Å²) in [4.78, 5) is 11.1. The lowest BCUT2D eigenvalue weighted by molar-refractivity contribution is -0.146. The quantitative estimate of drug-likeness (QED) is 0.649. The summed E-state index contributed by atoms with van der Waals surface area (Å²) >= 11 is 0. The fourth-order valence-corrected chi connectivity index (χ4v) is 0.950. The maximum Gasteiger partial charge on any atom is 0.326 e. The van der Waals surface area contributed by atoms with Crippen molar-refractivity contribution in [2.45, 2.75) is 25.3 Å². The zero-order valence-corrected chi connectivity index (χ0v) is 7.66. The summed E-state index contributed by atoms with van der Waals surface area (Å²) in [5.74, 6) is -0.0995. The second-order valence-corrected chi connectivity index (χ2v) is 2.55. The lowest BCUT2D eigenvalue weighted by Crippen LogP contribution is -2.37. The molecular formula is C7H14ClNO2. The summed E-state index contributed by atoms with van der Waals surface area (Å²) in [6.07, 6.45) is 1.84. The van der Waals surface area contributed by atoms with Crippen LogP contribution in [0.5, 0.6) is 0 Å². The van der Waals surface area contributed by atoms with Crippen molar-refractivity contribution in [2.75, 3.05) is 13.7 Å². The van der Waals surface area contributed by atoms with Crippen molar-refractivity contribution in [1.29, 1.82) is 0 Å². The van der Waals surface area contributed by atoms with Gasteiger partial charge in [-0.2, -0.15) is 0 Å².